The number of aromatic nitrogens is 2. The predicted octanol–water partition coefficient (Wildman–Crippen LogP) is 1.59. The van der Waals surface area contributed by atoms with E-state index in [1.54, 1.807) is 4.68 Å². The highest BCUT2D eigenvalue weighted by Gasteiger charge is 2.26. The number of nitrogens with zero attached hydrogens (tertiary/aromatic N) is 2. The quantitative estimate of drug-likeness (QED) is 0.748. The zero-order chi connectivity index (χ0) is 10.1. The molecule has 1 aliphatic rings. The van der Waals surface area contributed by atoms with Crippen LogP contribution >= 0.6 is 11.6 Å². The molecule has 2 unspecified atom stereocenters. The van der Waals surface area contributed by atoms with Gasteiger partial charge in [-0.1, -0.05) is 24.4 Å². The fourth-order valence-electron chi connectivity index (χ4n) is 1.99. The van der Waals surface area contributed by atoms with E-state index < -0.39 is 0 Å². The van der Waals surface area contributed by atoms with Crippen molar-refractivity contribution in [2.45, 2.75) is 37.8 Å². The van der Waals surface area contributed by atoms with E-state index in [1.165, 1.54) is 6.20 Å². The first-order valence-electron chi connectivity index (χ1n) is 4.86. The number of aliphatic hydroxyl groups excluding tert-OH is 1. The van der Waals surface area contributed by atoms with Crippen LogP contribution in [0.3, 0.4) is 0 Å². The Balaban J connectivity index is 2.24. The summed E-state index contributed by atoms with van der Waals surface area (Å²) in [5.41, 5.74) is 5.75. The molecule has 78 valence electrons. The van der Waals surface area contributed by atoms with Crippen LogP contribution in [-0.2, 0) is 0 Å². The summed E-state index contributed by atoms with van der Waals surface area (Å²) in [4.78, 5) is 0. The number of rotatable bonds is 1. The summed E-state index contributed by atoms with van der Waals surface area (Å²) in [6, 6.07) is -0.00347. The number of halogens is 1. The van der Waals surface area contributed by atoms with Gasteiger partial charge in [-0.25, -0.2) is 4.68 Å². The van der Waals surface area contributed by atoms with Crippen LogP contribution in [0.2, 0.25) is 5.02 Å². The Morgan fingerprint density at radius 2 is 2.21 bits per heavy atom. The van der Waals surface area contributed by atoms with Crippen LogP contribution < -0.4 is 5.73 Å². The van der Waals surface area contributed by atoms with E-state index in [2.05, 4.69) is 5.10 Å². The molecule has 0 radical (unpaired) electrons. The van der Waals surface area contributed by atoms with Gasteiger partial charge in [0.1, 0.15) is 10.8 Å². The van der Waals surface area contributed by atoms with Crippen LogP contribution in [0.5, 0.6) is 0 Å². The fraction of sp³-hybridized carbons (Fsp3) is 0.667. The van der Waals surface area contributed by atoms with Crippen molar-refractivity contribution in [2.24, 2.45) is 0 Å². The van der Waals surface area contributed by atoms with Crippen molar-refractivity contribution >= 4 is 17.4 Å². The minimum Gasteiger partial charge on any atom is -0.391 e. The van der Waals surface area contributed by atoms with E-state index in [4.69, 9.17) is 17.3 Å². The lowest BCUT2D eigenvalue weighted by Crippen LogP contribution is -2.29. The lowest BCUT2D eigenvalue weighted by Gasteiger charge is -2.28. The van der Waals surface area contributed by atoms with Crippen LogP contribution in [0.4, 0.5) is 5.82 Å². The van der Waals surface area contributed by atoms with Crippen LogP contribution in [0.1, 0.15) is 31.7 Å². The maximum Gasteiger partial charge on any atom is 0.141 e. The molecule has 1 aromatic rings. The predicted molar refractivity (Wildman–Crippen MR) is 55.2 cm³/mol. The molecule has 5 heteroatoms. The Labute approximate surface area is 87.7 Å². The van der Waals surface area contributed by atoms with Crippen molar-refractivity contribution in [1.29, 1.82) is 0 Å². The number of hydrogen-bond acceptors (Lipinski definition) is 3. The second kappa shape index (κ2) is 3.79. The number of hydrogen-bond donors (Lipinski definition) is 2. The molecule has 1 fully saturated rings. The molecule has 0 saturated heterocycles. The lowest BCUT2D eigenvalue weighted by molar-refractivity contribution is 0.0706. The molecule has 0 amide bonds. The third-order valence-electron chi connectivity index (χ3n) is 2.80. The van der Waals surface area contributed by atoms with Gasteiger partial charge in [-0.05, 0) is 12.8 Å². The summed E-state index contributed by atoms with van der Waals surface area (Å²) < 4.78 is 1.64. The Kier molecular flexibility index (Phi) is 2.65. The minimum atomic E-state index is -0.345. The van der Waals surface area contributed by atoms with Gasteiger partial charge in [-0.3, -0.25) is 0 Å². The average molecular weight is 216 g/mol. The third kappa shape index (κ3) is 1.60. The minimum absolute atomic E-state index is 0.00347. The Morgan fingerprint density at radius 3 is 2.79 bits per heavy atom. The summed E-state index contributed by atoms with van der Waals surface area (Å²) >= 11 is 5.81. The van der Waals surface area contributed by atoms with Gasteiger partial charge in [0.15, 0.2) is 0 Å². The van der Waals surface area contributed by atoms with Gasteiger partial charge in [0.2, 0.25) is 0 Å². The lowest BCUT2D eigenvalue weighted by atomic mass is 9.93. The highest BCUT2D eigenvalue weighted by Crippen LogP contribution is 2.31. The number of nitrogens with two attached hydrogens (primary N) is 1. The van der Waals surface area contributed by atoms with Gasteiger partial charge in [0.25, 0.3) is 0 Å². The van der Waals surface area contributed by atoms with E-state index in [0.29, 0.717) is 10.8 Å². The van der Waals surface area contributed by atoms with Gasteiger partial charge < -0.3 is 10.8 Å². The van der Waals surface area contributed by atoms with Gasteiger partial charge in [0, 0.05) is 0 Å². The van der Waals surface area contributed by atoms with Gasteiger partial charge in [-0.15, -0.1) is 0 Å². The summed E-state index contributed by atoms with van der Waals surface area (Å²) in [6.45, 7) is 0. The second-order valence-electron chi connectivity index (χ2n) is 3.74. The molecule has 0 aliphatic heterocycles. The van der Waals surface area contributed by atoms with Crippen LogP contribution in [0.15, 0.2) is 6.20 Å². The van der Waals surface area contributed by atoms with Gasteiger partial charge in [0.05, 0.1) is 18.3 Å². The summed E-state index contributed by atoms with van der Waals surface area (Å²) in [5.74, 6) is 0.456. The molecule has 0 bridgehead atoms. The van der Waals surface area contributed by atoms with Crippen molar-refractivity contribution < 1.29 is 5.11 Å². The smallest absolute Gasteiger partial charge is 0.141 e. The molecule has 0 spiro atoms. The number of nitrogen functional groups attached to an aromatic ring is 1. The van der Waals surface area contributed by atoms with Crippen LogP contribution in [0, 0.1) is 0 Å². The van der Waals surface area contributed by atoms with E-state index >= 15 is 0 Å². The van der Waals surface area contributed by atoms with Crippen molar-refractivity contribution in [2.75, 3.05) is 5.73 Å². The highest BCUT2D eigenvalue weighted by molar-refractivity contribution is 6.32. The maximum absolute atomic E-state index is 9.80. The largest absolute Gasteiger partial charge is 0.391 e. The first-order valence-corrected chi connectivity index (χ1v) is 5.24. The van der Waals surface area contributed by atoms with Gasteiger partial charge >= 0.3 is 0 Å². The molecule has 2 rings (SSSR count). The van der Waals surface area contributed by atoms with Crippen molar-refractivity contribution in [1.82, 2.24) is 9.78 Å². The standard InChI is InChI=1S/C9H14ClN3O/c10-6-5-12-13(9(6)11)7-3-1-2-4-8(7)14/h5,7-8,14H,1-4,11H2. The zero-order valence-electron chi connectivity index (χ0n) is 7.86. The second-order valence-corrected chi connectivity index (χ2v) is 4.15. The monoisotopic (exact) mass is 215 g/mol. The number of aliphatic hydroxyl groups is 1. The van der Waals surface area contributed by atoms with Gasteiger partial charge in [-0.2, -0.15) is 5.10 Å². The molecule has 1 aromatic heterocycles. The van der Waals surface area contributed by atoms with E-state index in [9.17, 15) is 5.11 Å². The highest BCUT2D eigenvalue weighted by atomic mass is 35.5. The molecule has 0 aromatic carbocycles. The third-order valence-corrected chi connectivity index (χ3v) is 3.09. The zero-order valence-corrected chi connectivity index (χ0v) is 8.61. The summed E-state index contributed by atoms with van der Waals surface area (Å²) in [6.07, 6.45) is 5.11. The fourth-order valence-corrected chi connectivity index (χ4v) is 2.12. The molecule has 4 nitrogen and oxygen atoms in total. The first kappa shape index (κ1) is 9.80. The normalized spacial score (nSPS) is 27.9. The summed E-state index contributed by atoms with van der Waals surface area (Å²) in [7, 11) is 0. The molecule has 1 heterocycles. The SMILES string of the molecule is Nc1c(Cl)cnn1C1CCCCC1O. The van der Waals surface area contributed by atoms with Crippen molar-refractivity contribution in [3.05, 3.63) is 11.2 Å². The van der Waals surface area contributed by atoms with E-state index in [0.717, 1.165) is 25.7 Å². The molecular formula is C9H14ClN3O. The molecule has 14 heavy (non-hydrogen) atoms. The molecule has 1 saturated carbocycles. The molecule has 3 N–H and O–H groups in total. The first-order chi connectivity index (χ1) is 6.70. The molecule has 1 aliphatic carbocycles. The van der Waals surface area contributed by atoms with E-state index in [1.807, 2.05) is 0 Å². The Bertz CT molecular complexity index is 326. The number of anilines is 1. The molecule has 2 atom stereocenters. The average Bonchev–Trinajstić information content (AvgIpc) is 2.49. The summed E-state index contributed by atoms with van der Waals surface area (Å²) in [5, 5.41) is 14.3. The van der Waals surface area contributed by atoms with Crippen molar-refractivity contribution in [3.63, 3.8) is 0 Å². The van der Waals surface area contributed by atoms with Crippen LogP contribution in [-0.4, -0.2) is 21.0 Å². The maximum atomic E-state index is 9.80. The Morgan fingerprint density at radius 1 is 1.50 bits per heavy atom. The van der Waals surface area contributed by atoms with E-state index in [-0.39, 0.29) is 12.1 Å². The molecular weight excluding hydrogens is 202 g/mol. The van der Waals surface area contributed by atoms with Crippen LogP contribution in [0.25, 0.3) is 0 Å². The topological polar surface area (TPSA) is 64.1 Å². The van der Waals surface area contributed by atoms with Crippen molar-refractivity contribution in [3.8, 4) is 0 Å². The Hall–Kier alpha value is -0.740.